The summed E-state index contributed by atoms with van der Waals surface area (Å²) in [5, 5.41) is 3.57. The average molecular weight is 635 g/mol. The predicted octanol–water partition coefficient (Wildman–Crippen LogP) is 6.09. The topological polar surface area (TPSA) is 96.0 Å². The molecule has 0 aromatic heterocycles. The van der Waals surface area contributed by atoms with Gasteiger partial charge >= 0.3 is 0 Å². The lowest BCUT2D eigenvalue weighted by Gasteiger charge is -2.33. The van der Waals surface area contributed by atoms with Crippen molar-refractivity contribution in [3.63, 3.8) is 0 Å². The molecule has 3 aromatic carbocycles. The molecular weight excluding hydrogens is 597 g/mol. The number of ether oxygens (including phenoxy) is 1. The molecule has 0 saturated heterocycles. The molecule has 0 saturated carbocycles. The van der Waals surface area contributed by atoms with E-state index in [9.17, 15) is 18.0 Å². The number of hydrogen-bond donors (Lipinski definition) is 1. The molecule has 226 valence electrons. The van der Waals surface area contributed by atoms with Gasteiger partial charge in [0.1, 0.15) is 18.3 Å². The summed E-state index contributed by atoms with van der Waals surface area (Å²) in [4.78, 5) is 28.9. The number of amides is 2. The Kier molecular flexibility index (Phi) is 11.7. The number of rotatable bonds is 13. The van der Waals surface area contributed by atoms with Gasteiger partial charge in [-0.05, 0) is 73.4 Å². The highest BCUT2D eigenvalue weighted by molar-refractivity contribution is 7.92. The highest BCUT2D eigenvalue weighted by Crippen LogP contribution is 2.28. The Labute approximate surface area is 258 Å². The molecule has 2 amide bonds. The zero-order chi connectivity index (χ0) is 31.0. The van der Waals surface area contributed by atoms with Crippen molar-refractivity contribution in [2.75, 3.05) is 24.5 Å². The summed E-state index contributed by atoms with van der Waals surface area (Å²) in [5.74, 6) is -0.140. The normalized spacial score (nSPS) is 12.1. The van der Waals surface area contributed by atoms with Crippen LogP contribution in [0.2, 0.25) is 10.0 Å². The van der Waals surface area contributed by atoms with Crippen LogP contribution in [0, 0.1) is 12.8 Å². The van der Waals surface area contributed by atoms with Crippen molar-refractivity contribution in [2.24, 2.45) is 5.92 Å². The maximum absolute atomic E-state index is 14.1. The number of aryl methyl sites for hydroxylation is 1. The van der Waals surface area contributed by atoms with Crippen molar-refractivity contribution in [2.45, 2.75) is 51.6 Å². The van der Waals surface area contributed by atoms with Gasteiger partial charge in [0.05, 0.1) is 27.7 Å². The first-order chi connectivity index (χ1) is 19.9. The van der Waals surface area contributed by atoms with Crippen molar-refractivity contribution in [1.29, 1.82) is 0 Å². The van der Waals surface area contributed by atoms with E-state index in [1.165, 1.54) is 24.1 Å². The SMILES string of the molecule is CC[C@H](C(=O)NCC(C)C)N(Cc1ccc(Cl)c(Cl)c1)C(=O)CN(c1ccc(OC)cc1)S(=O)(=O)c1ccc(C)cc1. The van der Waals surface area contributed by atoms with Crippen LogP contribution >= 0.6 is 23.2 Å². The van der Waals surface area contributed by atoms with Gasteiger partial charge < -0.3 is 15.0 Å². The molecule has 11 heteroatoms. The van der Waals surface area contributed by atoms with Gasteiger partial charge in [-0.2, -0.15) is 0 Å². The van der Waals surface area contributed by atoms with E-state index in [1.807, 2.05) is 20.8 Å². The van der Waals surface area contributed by atoms with Gasteiger partial charge in [0.2, 0.25) is 11.8 Å². The molecule has 8 nitrogen and oxygen atoms in total. The summed E-state index contributed by atoms with van der Waals surface area (Å²) < 4.78 is 34.2. The molecule has 0 unspecified atom stereocenters. The second-order valence-corrected chi connectivity index (χ2v) is 13.0. The summed E-state index contributed by atoms with van der Waals surface area (Å²) in [6, 6.07) is 16.9. The van der Waals surface area contributed by atoms with Crippen LogP contribution in [0.3, 0.4) is 0 Å². The molecule has 0 aliphatic rings. The van der Waals surface area contributed by atoms with Crippen LogP contribution in [-0.2, 0) is 26.2 Å². The van der Waals surface area contributed by atoms with Crippen LogP contribution in [-0.4, -0.2) is 51.4 Å². The number of nitrogens with zero attached hydrogens (tertiary/aromatic N) is 2. The van der Waals surface area contributed by atoms with Crippen molar-refractivity contribution in [1.82, 2.24) is 10.2 Å². The zero-order valence-corrected chi connectivity index (χ0v) is 26.8. The molecule has 0 aliphatic carbocycles. The minimum atomic E-state index is -4.17. The van der Waals surface area contributed by atoms with E-state index in [0.717, 1.165) is 9.87 Å². The van der Waals surface area contributed by atoms with E-state index in [0.29, 0.717) is 34.3 Å². The predicted molar refractivity (Wildman–Crippen MR) is 168 cm³/mol. The average Bonchev–Trinajstić information content (AvgIpc) is 2.96. The zero-order valence-electron chi connectivity index (χ0n) is 24.4. The molecule has 1 atom stereocenters. The fourth-order valence-electron chi connectivity index (χ4n) is 4.29. The highest BCUT2D eigenvalue weighted by Gasteiger charge is 2.33. The van der Waals surface area contributed by atoms with E-state index in [2.05, 4.69) is 5.32 Å². The third kappa shape index (κ3) is 8.40. The fraction of sp³-hybridized carbons (Fsp3) is 0.355. The molecule has 0 heterocycles. The summed E-state index contributed by atoms with van der Waals surface area (Å²) in [5.41, 5.74) is 1.81. The Hall–Kier alpha value is -3.27. The first-order valence-electron chi connectivity index (χ1n) is 13.6. The lowest BCUT2D eigenvalue weighted by atomic mass is 10.1. The number of sulfonamides is 1. The van der Waals surface area contributed by atoms with Crippen molar-refractivity contribution < 1.29 is 22.7 Å². The van der Waals surface area contributed by atoms with Crippen LogP contribution in [0.4, 0.5) is 5.69 Å². The molecule has 0 fully saturated rings. The number of nitrogens with one attached hydrogen (secondary N) is 1. The standard InChI is InChI=1S/C31H37Cl2N3O5S/c1-6-29(31(38)34-18-21(2)3)35(19-23-9-16-27(32)28(33)17-23)30(37)20-36(24-10-12-25(41-5)13-11-24)42(39,40)26-14-7-22(4)8-15-26/h7-17,21,29H,6,18-20H2,1-5H3,(H,34,38)/t29-/m1/s1. The quantitative estimate of drug-likeness (QED) is 0.246. The van der Waals surface area contributed by atoms with Gasteiger partial charge in [-0.25, -0.2) is 8.42 Å². The molecule has 0 aliphatic heterocycles. The number of carbonyl (C=O) groups excluding carboxylic acids is 2. The Morgan fingerprint density at radius 2 is 1.60 bits per heavy atom. The first-order valence-corrected chi connectivity index (χ1v) is 15.8. The number of benzene rings is 3. The smallest absolute Gasteiger partial charge is 0.264 e. The van der Waals surface area contributed by atoms with Gasteiger partial charge in [0.25, 0.3) is 10.0 Å². The summed E-state index contributed by atoms with van der Waals surface area (Å²) in [6.07, 6.45) is 0.310. The van der Waals surface area contributed by atoms with Gasteiger partial charge in [-0.3, -0.25) is 13.9 Å². The molecule has 3 aromatic rings. The minimum Gasteiger partial charge on any atom is -0.497 e. The lowest BCUT2D eigenvalue weighted by molar-refractivity contribution is -0.140. The summed E-state index contributed by atoms with van der Waals surface area (Å²) in [6.45, 7) is 7.52. The molecule has 1 N–H and O–H groups in total. The Morgan fingerprint density at radius 1 is 0.952 bits per heavy atom. The minimum absolute atomic E-state index is 0.0182. The number of carbonyl (C=O) groups is 2. The maximum atomic E-state index is 14.1. The number of halogens is 2. The molecule has 0 bridgehead atoms. The van der Waals surface area contributed by atoms with E-state index < -0.39 is 28.5 Å². The van der Waals surface area contributed by atoms with Gasteiger partial charge in [0.15, 0.2) is 0 Å². The van der Waals surface area contributed by atoms with E-state index >= 15 is 0 Å². The van der Waals surface area contributed by atoms with Crippen LogP contribution in [0.25, 0.3) is 0 Å². The Morgan fingerprint density at radius 3 is 2.14 bits per heavy atom. The van der Waals surface area contributed by atoms with Crippen LogP contribution in [0.15, 0.2) is 71.6 Å². The number of hydrogen-bond acceptors (Lipinski definition) is 5. The first kappa shape index (κ1) is 33.2. The van der Waals surface area contributed by atoms with Crippen LogP contribution < -0.4 is 14.4 Å². The van der Waals surface area contributed by atoms with Crippen molar-refractivity contribution in [3.8, 4) is 5.75 Å². The third-order valence-electron chi connectivity index (χ3n) is 6.66. The van der Waals surface area contributed by atoms with Gasteiger partial charge in [-0.15, -0.1) is 0 Å². The Balaban J connectivity index is 2.06. The fourth-order valence-corrected chi connectivity index (χ4v) is 6.03. The number of methoxy groups -OCH3 is 1. The second-order valence-electron chi connectivity index (χ2n) is 10.4. The summed E-state index contributed by atoms with van der Waals surface area (Å²) in [7, 11) is -2.66. The van der Waals surface area contributed by atoms with Crippen LogP contribution in [0.5, 0.6) is 5.75 Å². The molecule has 0 radical (unpaired) electrons. The molecule has 3 rings (SSSR count). The van der Waals surface area contributed by atoms with Crippen LogP contribution in [0.1, 0.15) is 38.3 Å². The number of anilines is 1. The Bertz CT molecular complexity index is 1480. The van der Waals surface area contributed by atoms with E-state index in [1.54, 1.807) is 61.5 Å². The maximum Gasteiger partial charge on any atom is 0.264 e. The largest absolute Gasteiger partial charge is 0.497 e. The highest BCUT2D eigenvalue weighted by atomic mass is 35.5. The van der Waals surface area contributed by atoms with Crippen molar-refractivity contribution in [3.05, 3.63) is 87.9 Å². The molecule has 42 heavy (non-hydrogen) atoms. The summed E-state index contributed by atoms with van der Waals surface area (Å²) >= 11 is 12.4. The molecular formula is C31H37Cl2N3O5S. The second kappa shape index (κ2) is 14.8. The third-order valence-corrected chi connectivity index (χ3v) is 9.18. The molecule has 0 spiro atoms. The van der Waals surface area contributed by atoms with E-state index in [-0.39, 0.29) is 29.0 Å². The van der Waals surface area contributed by atoms with Gasteiger partial charge in [0, 0.05) is 13.1 Å². The monoisotopic (exact) mass is 633 g/mol. The van der Waals surface area contributed by atoms with Crippen molar-refractivity contribution >= 4 is 50.7 Å². The van der Waals surface area contributed by atoms with Gasteiger partial charge in [-0.1, -0.05) is 67.7 Å². The van der Waals surface area contributed by atoms with E-state index in [4.69, 9.17) is 27.9 Å². The lowest BCUT2D eigenvalue weighted by Crippen LogP contribution is -2.52.